The van der Waals surface area contributed by atoms with Crippen molar-refractivity contribution in [3.05, 3.63) is 14.6 Å². The van der Waals surface area contributed by atoms with Crippen molar-refractivity contribution >= 4 is 48.7 Å². The molecule has 0 spiro atoms. The van der Waals surface area contributed by atoms with E-state index >= 15 is 0 Å². The van der Waals surface area contributed by atoms with Crippen molar-refractivity contribution < 1.29 is 13.2 Å². The number of thiophene rings is 2. The summed E-state index contributed by atoms with van der Waals surface area (Å²) >= 11 is 2.86. The van der Waals surface area contributed by atoms with Crippen LogP contribution in [-0.4, -0.2) is 25.7 Å². The van der Waals surface area contributed by atoms with E-state index in [1.165, 1.54) is 18.4 Å². The van der Waals surface area contributed by atoms with Gasteiger partial charge < -0.3 is 0 Å². The second-order valence-electron chi connectivity index (χ2n) is 3.96. The largest absolute Gasteiger partial charge is 0.278 e. The number of fused-ring (bicyclic) bond motifs is 3. The predicted octanol–water partition coefficient (Wildman–Crippen LogP) is 2.35. The van der Waals surface area contributed by atoms with Crippen LogP contribution in [0.25, 0.3) is 10.1 Å². The topological polar surface area (TPSA) is 54.5 Å². The highest BCUT2D eigenvalue weighted by Crippen LogP contribution is 2.46. The van der Waals surface area contributed by atoms with Crippen molar-refractivity contribution in [3.8, 4) is 0 Å². The molecule has 1 amide bonds. The maximum atomic E-state index is 12.1. The fraction of sp³-hybridized carbons (Fsp3) is 0.300. The molecule has 3 rings (SSSR count). The monoisotopic (exact) mass is 287 g/mol. The molecule has 17 heavy (non-hydrogen) atoms. The smallest absolute Gasteiger partial charge is 0.267 e. The highest BCUT2D eigenvalue weighted by Gasteiger charge is 2.43. The molecule has 2 aromatic heterocycles. The molecule has 0 saturated heterocycles. The lowest BCUT2D eigenvalue weighted by atomic mass is 10.3. The molecule has 0 N–H and O–H groups in total. The second kappa shape index (κ2) is 3.09. The molecule has 1 aliphatic rings. The summed E-state index contributed by atoms with van der Waals surface area (Å²) in [7, 11) is -2.31. The van der Waals surface area contributed by atoms with E-state index < -0.39 is 15.9 Å². The molecule has 0 aromatic carbocycles. The molecule has 4 nitrogen and oxygen atoms in total. The van der Waals surface area contributed by atoms with E-state index in [9.17, 15) is 13.2 Å². The second-order valence-corrected chi connectivity index (χ2v) is 8.31. The number of amides is 1. The average molecular weight is 287 g/mol. The van der Waals surface area contributed by atoms with Gasteiger partial charge in [0, 0.05) is 22.2 Å². The van der Waals surface area contributed by atoms with Gasteiger partial charge in [-0.15, -0.1) is 22.7 Å². The Balaban J connectivity index is 2.56. The van der Waals surface area contributed by atoms with Gasteiger partial charge in [0.05, 0.1) is 4.70 Å². The fourth-order valence-corrected chi connectivity index (χ4v) is 6.53. The highest BCUT2D eigenvalue weighted by atomic mass is 32.2. The number of carbonyl (C=O) groups excluding carboxylic acids is 1. The van der Waals surface area contributed by atoms with Crippen molar-refractivity contribution in [2.45, 2.75) is 18.7 Å². The third kappa shape index (κ3) is 1.16. The zero-order chi connectivity index (χ0) is 12.5. The molecule has 0 bridgehead atoms. The summed E-state index contributed by atoms with van der Waals surface area (Å²) in [5.74, 6) is -0.412. The molecule has 0 aliphatic carbocycles. The minimum atomic E-state index is -3.63. The zero-order valence-corrected chi connectivity index (χ0v) is 11.8. The molecular formula is C10H9NO3S3. The summed E-state index contributed by atoms with van der Waals surface area (Å²) in [5, 5.41) is 0.741. The third-order valence-corrected chi connectivity index (χ3v) is 7.33. The fourth-order valence-electron chi connectivity index (χ4n) is 2.09. The van der Waals surface area contributed by atoms with E-state index in [-0.39, 0.29) is 4.90 Å². The predicted molar refractivity (Wildman–Crippen MR) is 68.5 cm³/mol. The maximum Gasteiger partial charge on any atom is 0.278 e. The highest BCUT2D eigenvalue weighted by molar-refractivity contribution is 7.90. The van der Waals surface area contributed by atoms with Crippen LogP contribution in [0.15, 0.2) is 4.90 Å². The van der Waals surface area contributed by atoms with Crippen LogP contribution in [0.5, 0.6) is 0 Å². The Hall–Kier alpha value is -0.920. The summed E-state index contributed by atoms with van der Waals surface area (Å²) in [4.78, 5) is 14.5. The van der Waals surface area contributed by atoms with Gasteiger partial charge in [-0.25, -0.2) is 12.7 Å². The number of hydrogen-bond acceptors (Lipinski definition) is 5. The molecule has 3 heterocycles. The summed E-state index contributed by atoms with van der Waals surface area (Å²) in [6.07, 6.45) is 0. The van der Waals surface area contributed by atoms with Crippen LogP contribution >= 0.6 is 22.7 Å². The van der Waals surface area contributed by atoms with Crippen LogP contribution in [0, 0.1) is 13.8 Å². The summed E-state index contributed by atoms with van der Waals surface area (Å²) in [6, 6.07) is 0. The van der Waals surface area contributed by atoms with Crippen LogP contribution in [0.3, 0.4) is 0 Å². The van der Waals surface area contributed by atoms with Gasteiger partial charge in [-0.05, 0) is 13.8 Å². The maximum absolute atomic E-state index is 12.1. The lowest BCUT2D eigenvalue weighted by Gasteiger charge is -2.06. The molecule has 0 saturated carbocycles. The molecule has 7 heteroatoms. The zero-order valence-electron chi connectivity index (χ0n) is 9.40. The van der Waals surface area contributed by atoms with Crippen LogP contribution in [0.1, 0.15) is 19.4 Å². The first-order valence-electron chi connectivity index (χ1n) is 4.91. The van der Waals surface area contributed by atoms with E-state index in [1.54, 1.807) is 11.3 Å². The first kappa shape index (κ1) is 11.2. The Morgan fingerprint density at radius 2 is 1.76 bits per heavy atom. The molecule has 90 valence electrons. The molecular weight excluding hydrogens is 278 g/mol. The van der Waals surface area contributed by atoms with Crippen molar-refractivity contribution in [2.75, 3.05) is 7.05 Å². The van der Waals surface area contributed by atoms with E-state index in [4.69, 9.17) is 0 Å². The minimum Gasteiger partial charge on any atom is -0.267 e. The Morgan fingerprint density at radius 1 is 1.12 bits per heavy atom. The van der Waals surface area contributed by atoms with Crippen LogP contribution < -0.4 is 0 Å². The van der Waals surface area contributed by atoms with E-state index in [0.29, 0.717) is 4.88 Å². The van der Waals surface area contributed by atoms with Crippen molar-refractivity contribution in [2.24, 2.45) is 0 Å². The van der Waals surface area contributed by atoms with E-state index in [1.807, 2.05) is 13.8 Å². The van der Waals surface area contributed by atoms with Gasteiger partial charge in [0.1, 0.15) is 9.77 Å². The first-order chi connectivity index (χ1) is 7.85. The van der Waals surface area contributed by atoms with Crippen LogP contribution in [-0.2, 0) is 10.0 Å². The number of nitrogens with zero attached hydrogens (tertiary/aromatic N) is 1. The minimum absolute atomic E-state index is 0.215. The Bertz CT molecular complexity index is 766. The van der Waals surface area contributed by atoms with E-state index in [0.717, 1.165) is 24.1 Å². The lowest BCUT2D eigenvalue weighted by molar-refractivity contribution is 0.0896. The molecule has 0 radical (unpaired) electrons. The van der Waals surface area contributed by atoms with E-state index in [2.05, 4.69) is 0 Å². The van der Waals surface area contributed by atoms with Gasteiger partial charge in [0.25, 0.3) is 15.9 Å². The lowest BCUT2D eigenvalue weighted by Crippen LogP contribution is -2.25. The Kier molecular flexibility index (Phi) is 2.04. The van der Waals surface area contributed by atoms with Crippen LogP contribution in [0.4, 0.5) is 0 Å². The molecule has 0 atom stereocenters. The van der Waals surface area contributed by atoms with Gasteiger partial charge >= 0.3 is 0 Å². The number of hydrogen-bond donors (Lipinski definition) is 0. The third-order valence-electron chi connectivity index (χ3n) is 2.94. The molecule has 0 unspecified atom stereocenters. The Morgan fingerprint density at radius 3 is 2.41 bits per heavy atom. The number of sulfonamides is 1. The number of rotatable bonds is 0. The van der Waals surface area contributed by atoms with Crippen molar-refractivity contribution in [1.29, 1.82) is 0 Å². The van der Waals surface area contributed by atoms with Gasteiger partial charge in [-0.2, -0.15) is 0 Å². The standard InChI is InChI=1S/C10H9NO3S3/c1-4-6-7(5(2)15-4)16-8-9(6)17(13,14)11(3)10(8)12/h1-3H3. The number of aryl methyl sites for hydroxylation is 2. The average Bonchev–Trinajstić information content (AvgIpc) is 2.80. The molecule has 0 fully saturated rings. The van der Waals surface area contributed by atoms with Crippen molar-refractivity contribution in [3.63, 3.8) is 0 Å². The first-order valence-corrected chi connectivity index (χ1v) is 7.98. The Labute approximate surface area is 107 Å². The van der Waals surface area contributed by atoms with Crippen LogP contribution in [0.2, 0.25) is 0 Å². The number of carbonyl (C=O) groups is 1. The normalized spacial score (nSPS) is 18.1. The van der Waals surface area contributed by atoms with Gasteiger partial charge in [-0.3, -0.25) is 4.79 Å². The van der Waals surface area contributed by atoms with Gasteiger partial charge in [-0.1, -0.05) is 0 Å². The summed E-state index contributed by atoms with van der Waals surface area (Å²) in [5.41, 5.74) is 0. The summed E-state index contributed by atoms with van der Waals surface area (Å²) < 4.78 is 26.1. The SMILES string of the molecule is Cc1sc(C)c2c3c(sc12)C(=O)N(C)S3(=O)=O. The summed E-state index contributed by atoms with van der Waals surface area (Å²) in [6.45, 7) is 3.85. The van der Waals surface area contributed by atoms with Crippen molar-refractivity contribution in [1.82, 2.24) is 4.31 Å². The molecule has 1 aliphatic heterocycles. The molecule has 2 aromatic rings. The van der Waals surface area contributed by atoms with Gasteiger partial charge in [0.15, 0.2) is 0 Å². The van der Waals surface area contributed by atoms with Gasteiger partial charge in [0.2, 0.25) is 0 Å². The quantitative estimate of drug-likeness (QED) is 0.747.